The van der Waals surface area contributed by atoms with Crippen molar-refractivity contribution in [3.05, 3.63) is 39.2 Å². The van der Waals surface area contributed by atoms with Gasteiger partial charge in [0.1, 0.15) is 5.82 Å². The number of benzene rings is 1. The molecule has 0 radical (unpaired) electrons. The van der Waals surface area contributed by atoms with Crippen LogP contribution in [0.15, 0.2) is 28.3 Å². The van der Waals surface area contributed by atoms with Gasteiger partial charge in [-0.3, -0.25) is 10.1 Å². The normalized spacial score (nSPS) is 10.6. The Bertz CT molecular complexity index is 614. The third kappa shape index (κ3) is 2.46. The maximum atomic E-state index is 10.9. The van der Waals surface area contributed by atoms with Crippen LogP contribution in [0.5, 0.6) is 0 Å². The molecule has 0 amide bonds. The van der Waals surface area contributed by atoms with Gasteiger partial charge in [0.2, 0.25) is 0 Å². The molecule has 1 heterocycles. The summed E-state index contributed by atoms with van der Waals surface area (Å²) in [4.78, 5) is 11.0. The van der Waals surface area contributed by atoms with Gasteiger partial charge in [0.15, 0.2) is 5.16 Å². The van der Waals surface area contributed by atoms with Gasteiger partial charge in [-0.15, -0.1) is 10.2 Å². The van der Waals surface area contributed by atoms with Gasteiger partial charge in [0.25, 0.3) is 5.69 Å². The van der Waals surface area contributed by atoms with Crippen molar-refractivity contribution >= 4 is 29.1 Å². The molecule has 0 unspecified atom stereocenters. The van der Waals surface area contributed by atoms with Crippen molar-refractivity contribution in [1.82, 2.24) is 14.8 Å². The van der Waals surface area contributed by atoms with Crippen molar-refractivity contribution < 1.29 is 4.92 Å². The molecule has 0 spiro atoms. The molecule has 6 nitrogen and oxygen atoms in total. The van der Waals surface area contributed by atoms with Gasteiger partial charge >= 0.3 is 0 Å². The van der Waals surface area contributed by atoms with Crippen molar-refractivity contribution in [1.29, 1.82) is 0 Å². The van der Waals surface area contributed by atoms with E-state index in [9.17, 15) is 10.1 Å². The summed E-state index contributed by atoms with van der Waals surface area (Å²) >= 11 is 6.94. The smallest absolute Gasteiger partial charge is 0.284 e. The summed E-state index contributed by atoms with van der Waals surface area (Å²) in [5.74, 6) is 0.745. The Morgan fingerprint density at radius 2 is 2.17 bits per heavy atom. The summed E-state index contributed by atoms with van der Waals surface area (Å²) in [6, 6.07) is 4.54. The molecule has 0 atom stereocenters. The van der Waals surface area contributed by atoms with Crippen molar-refractivity contribution in [2.75, 3.05) is 0 Å². The topological polar surface area (TPSA) is 73.8 Å². The molecule has 8 heteroatoms. The largest absolute Gasteiger partial charge is 0.309 e. The molecule has 94 valence electrons. The molecular formula is C10H9ClN4O2S. The third-order valence-electron chi connectivity index (χ3n) is 2.37. The number of aryl methyl sites for hydroxylation is 1. The van der Waals surface area contributed by atoms with Crippen LogP contribution in [0.4, 0.5) is 5.69 Å². The Morgan fingerprint density at radius 3 is 2.72 bits per heavy atom. The summed E-state index contributed by atoms with van der Waals surface area (Å²) in [5, 5.41) is 19.7. The maximum absolute atomic E-state index is 10.9. The third-order valence-corrected chi connectivity index (χ3v) is 3.71. The number of halogens is 1. The monoisotopic (exact) mass is 284 g/mol. The summed E-state index contributed by atoms with van der Waals surface area (Å²) in [7, 11) is 1.80. The molecule has 1 aromatic heterocycles. The van der Waals surface area contributed by atoms with Crippen LogP contribution < -0.4 is 0 Å². The lowest BCUT2D eigenvalue weighted by Crippen LogP contribution is -1.95. The lowest BCUT2D eigenvalue weighted by molar-refractivity contribution is -0.387. The molecule has 18 heavy (non-hydrogen) atoms. The zero-order valence-corrected chi connectivity index (χ0v) is 11.2. The van der Waals surface area contributed by atoms with Crippen molar-refractivity contribution in [2.45, 2.75) is 17.0 Å². The number of nitrogens with zero attached hydrogens (tertiary/aromatic N) is 4. The maximum Gasteiger partial charge on any atom is 0.284 e. The molecule has 0 aliphatic heterocycles. The first kappa shape index (κ1) is 12.8. The number of nitro benzene ring substituents is 1. The first-order chi connectivity index (χ1) is 8.49. The Morgan fingerprint density at radius 1 is 1.44 bits per heavy atom. The predicted molar refractivity (Wildman–Crippen MR) is 68.0 cm³/mol. The van der Waals surface area contributed by atoms with E-state index in [0.717, 1.165) is 5.82 Å². The highest BCUT2D eigenvalue weighted by Crippen LogP contribution is 2.35. The molecule has 1 aromatic carbocycles. The van der Waals surface area contributed by atoms with Crippen LogP contribution in [0.1, 0.15) is 5.82 Å². The fourth-order valence-corrected chi connectivity index (χ4v) is 2.38. The van der Waals surface area contributed by atoms with E-state index in [1.165, 1.54) is 17.8 Å². The second kappa shape index (κ2) is 4.95. The molecular weight excluding hydrogens is 276 g/mol. The number of hydrogen-bond acceptors (Lipinski definition) is 5. The fourth-order valence-electron chi connectivity index (χ4n) is 1.29. The minimum Gasteiger partial charge on any atom is -0.309 e. The zero-order valence-electron chi connectivity index (χ0n) is 9.62. The van der Waals surface area contributed by atoms with Gasteiger partial charge in [-0.2, -0.15) is 0 Å². The Balaban J connectivity index is 2.40. The molecule has 0 saturated carbocycles. The van der Waals surface area contributed by atoms with Crippen molar-refractivity contribution in [3.8, 4) is 0 Å². The minimum atomic E-state index is -0.461. The summed E-state index contributed by atoms with van der Waals surface area (Å²) in [5.41, 5.74) is -0.0341. The zero-order chi connectivity index (χ0) is 13.3. The summed E-state index contributed by atoms with van der Waals surface area (Å²) in [6.07, 6.45) is 0. The lowest BCUT2D eigenvalue weighted by atomic mass is 10.3. The van der Waals surface area contributed by atoms with Crippen molar-refractivity contribution in [2.24, 2.45) is 7.05 Å². The Labute approximate surface area is 112 Å². The second-order valence-corrected chi connectivity index (χ2v) is 5.01. The van der Waals surface area contributed by atoms with Gasteiger partial charge in [0, 0.05) is 18.1 Å². The van der Waals surface area contributed by atoms with Gasteiger partial charge in [-0.05, 0) is 30.8 Å². The van der Waals surface area contributed by atoms with Crippen molar-refractivity contribution in [3.63, 3.8) is 0 Å². The molecule has 0 aliphatic rings. The molecule has 0 bridgehead atoms. The van der Waals surface area contributed by atoms with Gasteiger partial charge in [-0.1, -0.05) is 11.6 Å². The Hall–Kier alpha value is -1.60. The standard InChI is InChI=1S/C10H9ClN4O2S/c1-6-12-13-10(14(6)2)18-9-4-3-7(11)5-8(9)15(16)17/h3-5H,1-2H3. The first-order valence-corrected chi connectivity index (χ1v) is 6.16. The van der Waals surface area contributed by atoms with E-state index in [0.29, 0.717) is 15.1 Å². The summed E-state index contributed by atoms with van der Waals surface area (Å²) in [6.45, 7) is 1.81. The van der Waals surface area contributed by atoms with Crippen LogP contribution in [0, 0.1) is 17.0 Å². The van der Waals surface area contributed by atoms with E-state index in [-0.39, 0.29) is 5.69 Å². The van der Waals surface area contributed by atoms with Gasteiger partial charge < -0.3 is 4.57 Å². The Kier molecular flexibility index (Phi) is 3.53. The van der Waals surface area contributed by atoms with E-state index in [1.807, 2.05) is 6.92 Å². The number of rotatable bonds is 3. The fraction of sp³-hybridized carbons (Fsp3) is 0.200. The van der Waals surface area contributed by atoms with E-state index in [2.05, 4.69) is 10.2 Å². The first-order valence-electron chi connectivity index (χ1n) is 4.97. The van der Waals surface area contributed by atoms with Crippen LogP contribution in [0.25, 0.3) is 0 Å². The average molecular weight is 285 g/mol. The highest BCUT2D eigenvalue weighted by Gasteiger charge is 2.17. The summed E-state index contributed by atoms with van der Waals surface area (Å²) < 4.78 is 1.77. The average Bonchev–Trinajstić information content (AvgIpc) is 2.63. The van der Waals surface area contributed by atoms with Gasteiger partial charge in [0.05, 0.1) is 9.82 Å². The molecule has 0 aliphatic carbocycles. The molecule has 2 rings (SSSR count). The SMILES string of the molecule is Cc1nnc(Sc2ccc(Cl)cc2[N+](=O)[O-])n1C. The highest BCUT2D eigenvalue weighted by atomic mass is 35.5. The van der Waals surface area contributed by atoms with E-state index < -0.39 is 4.92 Å². The van der Waals surface area contributed by atoms with Crippen LogP contribution in [0.2, 0.25) is 5.02 Å². The highest BCUT2D eigenvalue weighted by molar-refractivity contribution is 7.99. The predicted octanol–water partition coefficient (Wildman–Crippen LogP) is 2.84. The molecule has 0 N–H and O–H groups in total. The number of nitro groups is 1. The quantitative estimate of drug-likeness (QED) is 0.640. The second-order valence-electron chi connectivity index (χ2n) is 3.56. The number of aromatic nitrogens is 3. The van der Waals surface area contributed by atoms with E-state index >= 15 is 0 Å². The van der Waals surface area contributed by atoms with E-state index in [1.54, 1.807) is 23.7 Å². The molecule has 0 fully saturated rings. The molecule has 2 aromatic rings. The van der Waals surface area contributed by atoms with E-state index in [4.69, 9.17) is 11.6 Å². The minimum absolute atomic E-state index is 0.0341. The van der Waals surface area contributed by atoms with Gasteiger partial charge in [-0.25, -0.2) is 0 Å². The van der Waals surface area contributed by atoms with Crippen LogP contribution in [-0.2, 0) is 7.05 Å². The van der Waals surface area contributed by atoms with Crippen LogP contribution >= 0.6 is 23.4 Å². The molecule has 0 saturated heterocycles. The van der Waals surface area contributed by atoms with Crippen LogP contribution in [0.3, 0.4) is 0 Å². The van der Waals surface area contributed by atoms with Crippen LogP contribution in [-0.4, -0.2) is 19.7 Å². The lowest BCUT2D eigenvalue weighted by Gasteiger charge is -2.03. The number of hydrogen-bond donors (Lipinski definition) is 0.